The summed E-state index contributed by atoms with van der Waals surface area (Å²) in [5.41, 5.74) is 2.48. The smallest absolute Gasteiger partial charge is 0.0597 e. The first kappa shape index (κ1) is 11.6. The molecule has 3 heteroatoms. The van der Waals surface area contributed by atoms with E-state index in [-0.39, 0.29) is 0 Å². The molecule has 1 aromatic rings. The second kappa shape index (κ2) is 5.00. The van der Waals surface area contributed by atoms with Crippen molar-refractivity contribution in [1.82, 2.24) is 15.1 Å². The number of nitrogens with one attached hydrogen (secondary N) is 1. The Kier molecular flexibility index (Phi) is 3.64. The van der Waals surface area contributed by atoms with Crippen LogP contribution in [0.3, 0.4) is 0 Å². The van der Waals surface area contributed by atoms with Gasteiger partial charge in [0.1, 0.15) is 0 Å². The van der Waals surface area contributed by atoms with Gasteiger partial charge in [-0.2, -0.15) is 5.10 Å². The zero-order chi connectivity index (χ0) is 11.5. The molecule has 1 saturated carbocycles. The first-order valence-electron chi connectivity index (χ1n) is 6.46. The molecule has 1 aromatic heterocycles. The molecule has 1 N–H and O–H groups in total. The van der Waals surface area contributed by atoms with E-state index in [2.05, 4.69) is 37.4 Å². The summed E-state index contributed by atoms with van der Waals surface area (Å²) in [4.78, 5) is 0. The summed E-state index contributed by atoms with van der Waals surface area (Å²) in [6.45, 7) is 5.29. The van der Waals surface area contributed by atoms with Gasteiger partial charge >= 0.3 is 0 Å². The molecule has 1 heterocycles. The molecular weight excluding hydrogens is 198 g/mol. The van der Waals surface area contributed by atoms with Gasteiger partial charge in [-0.05, 0) is 38.3 Å². The van der Waals surface area contributed by atoms with Crippen LogP contribution in [-0.2, 0) is 7.05 Å². The van der Waals surface area contributed by atoms with Gasteiger partial charge < -0.3 is 5.32 Å². The highest BCUT2D eigenvalue weighted by atomic mass is 15.3. The average molecular weight is 221 g/mol. The van der Waals surface area contributed by atoms with E-state index in [0.29, 0.717) is 6.04 Å². The minimum absolute atomic E-state index is 0.499. The fourth-order valence-electron chi connectivity index (χ4n) is 2.95. The van der Waals surface area contributed by atoms with Crippen molar-refractivity contribution < 1.29 is 0 Å². The van der Waals surface area contributed by atoms with Crippen LogP contribution < -0.4 is 5.32 Å². The molecule has 0 bridgehead atoms. The van der Waals surface area contributed by atoms with Crippen LogP contribution >= 0.6 is 0 Å². The highest BCUT2D eigenvalue weighted by molar-refractivity contribution is 5.14. The van der Waals surface area contributed by atoms with Crippen molar-refractivity contribution in [3.8, 4) is 0 Å². The van der Waals surface area contributed by atoms with E-state index in [1.165, 1.54) is 31.4 Å². The van der Waals surface area contributed by atoms with E-state index in [1.807, 2.05) is 4.68 Å². The Hall–Kier alpha value is -0.830. The maximum absolute atomic E-state index is 4.46. The van der Waals surface area contributed by atoms with Gasteiger partial charge in [0.05, 0.1) is 17.4 Å². The van der Waals surface area contributed by atoms with Crippen molar-refractivity contribution in [1.29, 1.82) is 0 Å². The Labute approximate surface area is 98.2 Å². The van der Waals surface area contributed by atoms with Crippen LogP contribution in [0.15, 0.2) is 6.07 Å². The normalized spacial score (nSPS) is 19.2. The molecule has 0 amide bonds. The van der Waals surface area contributed by atoms with Gasteiger partial charge in [0.25, 0.3) is 0 Å². The van der Waals surface area contributed by atoms with Crippen molar-refractivity contribution >= 4 is 0 Å². The summed E-state index contributed by atoms with van der Waals surface area (Å²) in [5, 5.41) is 8.10. The van der Waals surface area contributed by atoms with Crippen LogP contribution in [0.2, 0.25) is 0 Å². The molecular formula is C13H23N3. The van der Waals surface area contributed by atoms with E-state index in [0.717, 1.165) is 18.2 Å². The van der Waals surface area contributed by atoms with Crippen LogP contribution in [0, 0.1) is 12.8 Å². The lowest BCUT2D eigenvalue weighted by molar-refractivity contribution is 0.356. The number of rotatable bonds is 4. The van der Waals surface area contributed by atoms with Gasteiger partial charge in [0.2, 0.25) is 0 Å². The third kappa shape index (κ3) is 2.29. The van der Waals surface area contributed by atoms with Crippen molar-refractivity contribution in [2.45, 2.75) is 45.6 Å². The monoisotopic (exact) mass is 221 g/mol. The van der Waals surface area contributed by atoms with Gasteiger partial charge in [0.15, 0.2) is 0 Å². The zero-order valence-electron chi connectivity index (χ0n) is 10.7. The molecule has 1 fully saturated rings. The molecule has 1 aliphatic carbocycles. The fourth-order valence-corrected chi connectivity index (χ4v) is 2.95. The molecule has 16 heavy (non-hydrogen) atoms. The van der Waals surface area contributed by atoms with E-state index in [4.69, 9.17) is 0 Å². The van der Waals surface area contributed by atoms with Crippen molar-refractivity contribution in [2.75, 3.05) is 6.54 Å². The number of hydrogen-bond acceptors (Lipinski definition) is 2. The first-order valence-corrected chi connectivity index (χ1v) is 6.46. The molecule has 2 rings (SSSR count). The van der Waals surface area contributed by atoms with Crippen LogP contribution in [0.5, 0.6) is 0 Å². The summed E-state index contributed by atoms with van der Waals surface area (Å²) in [5.74, 6) is 0.801. The topological polar surface area (TPSA) is 29.9 Å². The lowest BCUT2D eigenvalue weighted by Gasteiger charge is -2.24. The number of nitrogens with zero attached hydrogens (tertiary/aromatic N) is 2. The summed E-state index contributed by atoms with van der Waals surface area (Å²) < 4.78 is 2.04. The Morgan fingerprint density at radius 1 is 1.50 bits per heavy atom. The van der Waals surface area contributed by atoms with Crippen molar-refractivity contribution in [3.05, 3.63) is 17.5 Å². The molecule has 1 aliphatic rings. The maximum atomic E-state index is 4.46. The van der Waals surface area contributed by atoms with E-state index in [9.17, 15) is 0 Å². The summed E-state index contributed by atoms with van der Waals surface area (Å²) in [7, 11) is 2.06. The zero-order valence-corrected chi connectivity index (χ0v) is 10.7. The van der Waals surface area contributed by atoms with Gasteiger partial charge in [-0.1, -0.05) is 19.8 Å². The summed E-state index contributed by atoms with van der Waals surface area (Å²) in [6.07, 6.45) is 5.51. The molecule has 0 spiro atoms. The van der Waals surface area contributed by atoms with E-state index in [1.54, 1.807) is 0 Å². The van der Waals surface area contributed by atoms with Crippen molar-refractivity contribution in [3.63, 3.8) is 0 Å². The van der Waals surface area contributed by atoms with Crippen molar-refractivity contribution in [2.24, 2.45) is 13.0 Å². The molecule has 90 valence electrons. The Morgan fingerprint density at radius 2 is 2.19 bits per heavy atom. The fraction of sp³-hybridized carbons (Fsp3) is 0.769. The third-order valence-electron chi connectivity index (χ3n) is 3.65. The molecule has 1 atom stereocenters. The van der Waals surface area contributed by atoms with E-state index < -0.39 is 0 Å². The molecule has 1 unspecified atom stereocenters. The maximum Gasteiger partial charge on any atom is 0.0597 e. The minimum Gasteiger partial charge on any atom is -0.309 e. The molecule has 3 nitrogen and oxygen atoms in total. The standard InChI is InChI=1S/C13H23N3/c1-4-14-13(11-7-5-6-8-11)12-9-10(2)15-16(12)3/h9,11,13-14H,4-8H2,1-3H3. The average Bonchev–Trinajstić information content (AvgIpc) is 2.85. The highest BCUT2D eigenvalue weighted by Crippen LogP contribution is 2.35. The number of hydrogen-bond donors (Lipinski definition) is 1. The Morgan fingerprint density at radius 3 is 2.69 bits per heavy atom. The molecule has 0 aromatic carbocycles. The lowest BCUT2D eigenvalue weighted by Crippen LogP contribution is -2.28. The van der Waals surface area contributed by atoms with Gasteiger partial charge in [0, 0.05) is 7.05 Å². The second-order valence-corrected chi connectivity index (χ2v) is 4.91. The van der Waals surface area contributed by atoms with Gasteiger partial charge in [-0.25, -0.2) is 0 Å². The molecule has 0 radical (unpaired) electrons. The second-order valence-electron chi connectivity index (χ2n) is 4.91. The van der Waals surface area contributed by atoms with E-state index >= 15 is 0 Å². The predicted molar refractivity (Wildman–Crippen MR) is 66.3 cm³/mol. The van der Waals surface area contributed by atoms with Gasteiger partial charge in [-0.15, -0.1) is 0 Å². The Bertz CT molecular complexity index is 337. The summed E-state index contributed by atoms with van der Waals surface area (Å²) in [6, 6.07) is 2.73. The SMILES string of the molecule is CCNC(c1cc(C)nn1C)C1CCCC1. The summed E-state index contributed by atoms with van der Waals surface area (Å²) >= 11 is 0. The number of aromatic nitrogens is 2. The minimum atomic E-state index is 0.499. The lowest BCUT2D eigenvalue weighted by atomic mass is 9.95. The quantitative estimate of drug-likeness (QED) is 0.847. The largest absolute Gasteiger partial charge is 0.309 e. The van der Waals surface area contributed by atoms with Gasteiger partial charge in [-0.3, -0.25) is 4.68 Å². The van der Waals surface area contributed by atoms with Crippen LogP contribution in [0.25, 0.3) is 0 Å². The number of aryl methyl sites for hydroxylation is 2. The predicted octanol–water partition coefficient (Wildman–Crippen LogP) is 2.57. The van der Waals surface area contributed by atoms with Crippen LogP contribution in [-0.4, -0.2) is 16.3 Å². The highest BCUT2D eigenvalue weighted by Gasteiger charge is 2.27. The molecule has 0 aliphatic heterocycles. The third-order valence-corrected chi connectivity index (χ3v) is 3.65. The first-order chi connectivity index (χ1) is 7.72. The van der Waals surface area contributed by atoms with Crippen LogP contribution in [0.1, 0.15) is 50.0 Å². The molecule has 0 saturated heterocycles. The Balaban J connectivity index is 2.20. The van der Waals surface area contributed by atoms with Crippen LogP contribution in [0.4, 0.5) is 0 Å².